The summed E-state index contributed by atoms with van der Waals surface area (Å²) >= 11 is 12.7. The summed E-state index contributed by atoms with van der Waals surface area (Å²) in [6, 6.07) is 10.2. The highest BCUT2D eigenvalue weighted by Gasteiger charge is 2.56. The van der Waals surface area contributed by atoms with Gasteiger partial charge in [0.05, 0.1) is 11.0 Å². The molecular weight excluding hydrogens is 363 g/mol. The van der Waals surface area contributed by atoms with E-state index in [0.717, 1.165) is 29.0 Å². The number of nitrogens with zero attached hydrogens (tertiary/aromatic N) is 2. The van der Waals surface area contributed by atoms with E-state index in [1.165, 1.54) is 42.6 Å². The first-order valence-corrected chi connectivity index (χ1v) is 10.3. The number of aryl methyl sites for hydroxylation is 2. The highest BCUT2D eigenvalue weighted by Crippen LogP contribution is 2.60. The number of imidazole rings is 1. The van der Waals surface area contributed by atoms with E-state index >= 15 is 0 Å². The number of benzene rings is 2. The summed E-state index contributed by atoms with van der Waals surface area (Å²) in [7, 11) is 0. The monoisotopic (exact) mass is 384 g/mol. The standard InChI is InChI=1S/C22H22Cl2N2/c1-3-19-25-21-18(26(19)22(10-11-22)14-5-6-14)9-4-13(2)20(21)16-8-7-15(23)12-17(16)24/h4,7-9,12,14H,3,5-6,10-11H2,1-2H3. The van der Waals surface area contributed by atoms with Crippen molar-refractivity contribution in [2.75, 3.05) is 0 Å². The lowest BCUT2D eigenvalue weighted by Crippen LogP contribution is -2.21. The third-order valence-corrected chi connectivity index (χ3v) is 6.71. The van der Waals surface area contributed by atoms with Crippen LogP contribution in [-0.2, 0) is 12.0 Å². The molecule has 3 aromatic rings. The maximum atomic E-state index is 6.56. The molecule has 0 aliphatic heterocycles. The molecule has 0 bridgehead atoms. The van der Waals surface area contributed by atoms with Crippen LogP contribution in [0.2, 0.25) is 10.0 Å². The Morgan fingerprint density at radius 2 is 1.92 bits per heavy atom. The minimum Gasteiger partial charge on any atom is -0.321 e. The smallest absolute Gasteiger partial charge is 0.110 e. The van der Waals surface area contributed by atoms with Gasteiger partial charge in [-0.2, -0.15) is 0 Å². The molecule has 5 rings (SSSR count). The van der Waals surface area contributed by atoms with Gasteiger partial charge in [0, 0.05) is 33.1 Å². The molecule has 0 N–H and O–H groups in total. The van der Waals surface area contributed by atoms with Crippen molar-refractivity contribution in [3.05, 3.63) is 51.8 Å². The van der Waals surface area contributed by atoms with Crippen LogP contribution in [0.5, 0.6) is 0 Å². The summed E-state index contributed by atoms with van der Waals surface area (Å²) < 4.78 is 2.58. The van der Waals surface area contributed by atoms with Crippen molar-refractivity contribution in [1.29, 1.82) is 0 Å². The largest absolute Gasteiger partial charge is 0.321 e. The predicted octanol–water partition coefficient (Wildman–Crippen LogP) is 6.78. The molecule has 2 nitrogen and oxygen atoms in total. The van der Waals surface area contributed by atoms with E-state index in [2.05, 4.69) is 30.5 Å². The molecule has 0 saturated heterocycles. The Bertz CT molecular complexity index is 1030. The normalized spacial score (nSPS) is 18.5. The highest BCUT2D eigenvalue weighted by atomic mass is 35.5. The number of halogens is 2. The summed E-state index contributed by atoms with van der Waals surface area (Å²) in [5.74, 6) is 2.05. The van der Waals surface area contributed by atoms with E-state index in [4.69, 9.17) is 28.2 Å². The molecule has 2 aliphatic carbocycles. The summed E-state index contributed by atoms with van der Waals surface area (Å²) in [5.41, 5.74) is 6.03. The van der Waals surface area contributed by atoms with Crippen molar-refractivity contribution in [1.82, 2.24) is 9.55 Å². The molecule has 2 aromatic carbocycles. The molecule has 0 amide bonds. The zero-order valence-corrected chi connectivity index (χ0v) is 16.7. The maximum Gasteiger partial charge on any atom is 0.110 e. The number of hydrogen-bond donors (Lipinski definition) is 0. The molecule has 2 saturated carbocycles. The Balaban J connectivity index is 1.80. The molecule has 134 valence electrons. The fraction of sp³-hybridized carbons (Fsp3) is 0.409. The van der Waals surface area contributed by atoms with Gasteiger partial charge < -0.3 is 4.57 Å². The van der Waals surface area contributed by atoms with Crippen molar-refractivity contribution in [2.45, 2.75) is 51.5 Å². The first-order valence-electron chi connectivity index (χ1n) is 9.52. The maximum absolute atomic E-state index is 6.56. The minimum atomic E-state index is 0.330. The van der Waals surface area contributed by atoms with Gasteiger partial charge in [-0.1, -0.05) is 42.3 Å². The zero-order valence-electron chi connectivity index (χ0n) is 15.1. The van der Waals surface area contributed by atoms with Gasteiger partial charge in [-0.15, -0.1) is 0 Å². The van der Waals surface area contributed by atoms with Crippen LogP contribution in [0.4, 0.5) is 0 Å². The van der Waals surface area contributed by atoms with Crippen LogP contribution in [0.3, 0.4) is 0 Å². The Morgan fingerprint density at radius 3 is 2.54 bits per heavy atom. The van der Waals surface area contributed by atoms with E-state index in [-0.39, 0.29) is 0 Å². The zero-order chi connectivity index (χ0) is 18.1. The van der Waals surface area contributed by atoms with Gasteiger partial charge in [-0.25, -0.2) is 4.98 Å². The Labute approximate surface area is 164 Å². The Hall–Kier alpha value is -1.51. The van der Waals surface area contributed by atoms with Crippen molar-refractivity contribution in [3.8, 4) is 11.1 Å². The fourth-order valence-corrected chi connectivity index (χ4v) is 5.13. The number of hydrogen-bond acceptors (Lipinski definition) is 1. The Morgan fingerprint density at radius 1 is 1.15 bits per heavy atom. The molecule has 1 heterocycles. The van der Waals surface area contributed by atoms with Crippen LogP contribution < -0.4 is 0 Å². The molecular formula is C22H22Cl2N2. The predicted molar refractivity (Wildman–Crippen MR) is 109 cm³/mol. The summed E-state index contributed by atoms with van der Waals surface area (Å²) in [6.07, 6.45) is 6.27. The first kappa shape index (κ1) is 16.6. The van der Waals surface area contributed by atoms with Crippen molar-refractivity contribution < 1.29 is 0 Å². The van der Waals surface area contributed by atoms with Gasteiger partial charge in [0.2, 0.25) is 0 Å². The Kier molecular flexibility index (Phi) is 3.68. The average Bonchev–Trinajstić information content (AvgIpc) is 3.51. The molecule has 26 heavy (non-hydrogen) atoms. The molecule has 0 spiro atoms. The van der Waals surface area contributed by atoms with Gasteiger partial charge in [-0.05, 0) is 62.3 Å². The van der Waals surface area contributed by atoms with E-state index < -0.39 is 0 Å². The van der Waals surface area contributed by atoms with Crippen molar-refractivity contribution >= 4 is 34.2 Å². The molecule has 0 radical (unpaired) electrons. The van der Waals surface area contributed by atoms with Crippen LogP contribution in [0.15, 0.2) is 30.3 Å². The lowest BCUT2D eigenvalue weighted by molar-refractivity contribution is 0.419. The lowest BCUT2D eigenvalue weighted by Gasteiger charge is -2.21. The molecule has 2 aliphatic rings. The van der Waals surface area contributed by atoms with Gasteiger partial charge in [0.15, 0.2) is 0 Å². The van der Waals surface area contributed by atoms with Crippen LogP contribution in [0, 0.1) is 12.8 Å². The van der Waals surface area contributed by atoms with E-state index in [9.17, 15) is 0 Å². The van der Waals surface area contributed by atoms with Crippen LogP contribution >= 0.6 is 23.2 Å². The van der Waals surface area contributed by atoms with Crippen molar-refractivity contribution in [3.63, 3.8) is 0 Å². The van der Waals surface area contributed by atoms with Crippen LogP contribution in [0.25, 0.3) is 22.2 Å². The second kappa shape index (κ2) is 5.74. The molecule has 4 heteroatoms. The molecule has 2 fully saturated rings. The first-order chi connectivity index (χ1) is 12.5. The number of aromatic nitrogens is 2. The van der Waals surface area contributed by atoms with Gasteiger partial charge in [0.1, 0.15) is 5.82 Å². The number of rotatable bonds is 4. The SMILES string of the molecule is CCc1nc2c(-c3ccc(Cl)cc3Cl)c(C)ccc2n1C1(C2CC2)CC1. The van der Waals surface area contributed by atoms with E-state index in [0.29, 0.717) is 15.6 Å². The van der Waals surface area contributed by atoms with E-state index in [1.54, 1.807) is 0 Å². The van der Waals surface area contributed by atoms with Gasteiger partial charge in [-0.3, -0.25) is 0 Å². The van der Waals surface area contributed by atoms with E-state index in [1.807, 2.05) is 18.2 Å². The summed E-state index contributed by atoms with van der Waals surface area (Å²) in [6.45, 7) is 4.35. The highest BCUT2D eigenvalue weighted by molar-refractivity contribution is 6.36. The molecule has 0 unspecified atom stereocenters. The molecule has 1 aromatic heterocycles. The molecule has 0 atom stereocenters. The third kappa shape index (κ3) is 2.35. The summed E-state index contributed by atoms with van der Waals surface area (Å²) in [5, 5.41) is 1.35. The summed E-state index contributed by atoms with van der Waals surface area (Å²) in [4.78, 5) is 5.12. The number of fused-ring (bicyclic) bond motifs is 1. The topological polar surface area (TPSA) is 17.8 Å². The quantitative estimate of drug-likeness (QED) is 0.484. The second-order valence-corrected chi connectivity index (χ2v) is 8.69. The third-order valence-electron chi connectivity index (χ3n) is 6.17. The van der Waals surface area contributed by atoms with Crippen molar-refractivity contribution in [2.24, 2.45) is 5.92 Å². The van der Waals surface area contributed by atoms with Crippen LogP contribution in [-0.4, -0.2) is 9.55 Å². The van der Waals surface area contributed by atoms with Crippen LogP contribution in [0.1, 0.15) is 44.0 Å². The van der Waals surface area contributed by atoms with Gasteiger partial charge in [0.25, 0.3) is 0 Å². The second-order valence-electron chi connectivity index (χ2n) is 7.84. The van der Waals surface area contributed by atoms with Gasteiger partial charge >= 0.3 is 0 Å². The average molecular weight is 385 g/mol. The minimum absolute atomic E-state index is 0.330. The lowest BCUT2D eigenvalue weighted by atomic mass is 9.98. The fourth-order valence-electron chi connectivity index (χ4n) is 4.62.